The zero-order valence-corrected chi connectivity index (χ0v) is 15.6. The smallest absolute Gasteiger partial charge is 0.251 e. The van der Waals surface area contributed by atoms with Crippen molar-refractivity contribution in [3.05, 3.63) is 29.8 Å². The van der Waals surface area contributed by atoms with Crippen molar-refractivity contribution in [2.24, 2.45) is 0 Å². The van der Waals surface area contributed by atoms with Crippen LogP contribution in [0, 0.1) is 0 Å². The molecular formula is C20H27N3O4. The van der Waals surface area contributed by atoms with Gasteiger partial charge in [-0.25, -0.2) is 0 Å². The highest BCUT2D eigenvalue weighted by Gasteiger charge is 2.32. The van der Waals surface area contributed by atoms with Crippen LogP contribution >= 0.6 is 0 Å². The number of carbonyl (C=O) groups is 2. The van der Waals surface area contributed by atoms with Gasteiger partial charge in [0.1, 0.15) is 12.4 Å². The fourth-order valence-electron chi connectivity index (χ4n) is 3.69. The zero-order valence-electron chi connectivity index (χ0n) is 15.6. The van der Waals surface area contributed by atoms with E-state index in [-0.39, 0.29) is 17.9 Å². The van der Waals surface area contributed by atoms with E-state index in [2.05, 4.69) is 10.2 Å². The minimum absolute atomic E-state index is 0.0409. The Hall–Kier alpha value is -2.12. The Kier molecular flexibility index (Phi) is 5.59. The fraction of sp³-hybridized carbons (Fsp3) is 0.600. The standard InChI is InChI=1S/C20H27N3O4/c24-19(14-22-8-10-26-17-7-2-1-4-15(17)12-22)23-9-11-27-18(13-23)20(25)21-16-5-3-6-16/h1-2,4,7,16,18H,3,5-6,8-14H2,(H,21,25). The lowest BCUT2D eigenvalue weighted by Crippen LogP contribution is -2.55. The van der Waals surface area contributed by atoms with E-state index in [4.69, 9.17) is 9.47 Å². The number of fused-ring (bicyclic) bond motifs is 1. The highest BCUT2D eigenvalue weighted by Crippen LogP contribution is 2.22. The number of hydrogen-bond acceptors (Lipinski definition) is 5. The summed E-state index contributed by atoms with van der Waals surface area (Å²) >= 11 is 0. The van der Waals surface area contributed by atoms with Gasteiger partial charge >= 0.3 is 0 Å². The van der Waals surface area contributed by atoms with Crippen LogP contribution in [0.4, 0.5) is 0 Å². The van der Waals surface area contributed by atoms with Crippen molar-refractivity contribution >= 4 is 11.8 Å². The number of rotatable bonds is 4. The number of para-hydroxylation sites is 1. The minimum atomic E-state index is -0.559. The van der Waals surface area contributed by atoms with Crippen LogP contribution < -0.4 is 10.1 Å². The van der Waals surface area contributed by atoms with Gasteiger partial charge < -0.3 is 19.7 Å². The monoisotopic (exact) mass is 373 g/mol. The number of amides is 2. The van der Waals surface area contributed by atoms with Crippen LogP contribution in [-0.2, 0) is 20.9 Å². The number of ether oxygens (including phenoxy) is 2. The van der Waals surface area contributed by atoms with Crippen LogP contribution in [0.5, 0.6) is 5.75 Å². The Labute approximate surface area is 159 Å². The van der Waals surface area contributed by atoms with Gasteiger partial charge in [-0.1, -0.05) is 18.2 Å². The van der Waals surface area contributed by atoms with Crippen molar-refractivity contribution in [3.8, 4) is 5.75 Å². The van der Waals surface area contributed by atoms with Gasteiger partial charge in [0, 0.05) is 31.2 Å². The van der Waals surface area contributed by atoms with E-state index < -0.39 is 6.10 Å². The Morgan fingerprint density at radius 1 is 1.15 bits per heavy atom. The second-order valence-corrected chi connectivity index (χ2v) is 7.50. The first kappa shape index (κ1) is 18.3. The predicted molar refractivity (Wildman–Crippen MR) is 99.3 cm³/mol. The number of nitrogens with one attached hydrogen (secondary N) is 1. The van der Waals surface area contributed by atoms with Crippen molar-refractivity contribution in [1.29, 1.82) is 0 Å². The van der Waals surface area contributed by atoms with Crippen LogP contribution in [0.15, 0.2) is 24.3 Å². The largest absolute Gasteiger partial charge is 0.492 e. The Balaban J connectivity index is 1.31. The molecule has 0 bridgehead atoms. The third kappa shape index (κ3) is 4.42. The van der Waals surface area contributed by atoms with Crippen molar-refractivity contribution in [2.75, 3.05) is 39.4 Å². The lowest BCUT2D eigenvalue weighted by molar-refractivity contribution is -0.148. The molecule has 1 aromatic carbocycles. The second kappa shape index (κ2) is 8.27. The first-order chi connectivity index (χ1) is 13.2. The highest BCUT2D eigenvalue weighted by molar-refractivity contribution is 5.83. The summed E-state index contributed by atoms with van der Waals surface area (Å²) in [6.45, 7) is 3.56. The molecule has 27 heavy (non-hydrogen) atoms. The number of nitrogens with zero attached hydrogens (tertiary/aromatic N) is 2. The van der Waals surface area contributed by atoms with Crippen molar-refractivity contribution in [2.45, 2.75) is 38.0 Å². The number of benzene rings is 1. The third-order valence-corrected chi connectivity index (χ3v) is 5.55. The molecule has 2 amide bonds. The second-order valence-electron chi connectivity index (χ2n) is 7.50. The summed E-state index contributed by atoms with van der Waals surface area (Å²) in [5.74, 6) is 0.847. The van der Waals surface area contributed by atoms with Gasteiger partial charge in [0.05, 0.1) is 19.7 Å². The number of carbonyl (C=O) groups excluding carboxylic acids is 2. The maximum Gasteiger partial charge on any atom is 0.251 e. The van der Waals surface area contributed by atoms with Crippen LogP contribution in [0.25, 0.3) is 0 Å². The summed E-state index contributed by atoms with van der Waals surface area (Å²) in [6.07, 6.45) is 2.69. The number of hydrogen-bond donors (Lipinski definition) is 1. The van der Waals surface area contributed by atoms with Gasteiger partial charge in [-0.2, -0.15) is 0 Å². The minimum Gasteiger partial charge on any atom is -0.492 e. The van der Waals surface area contributed by atoms with Gasteiger partial charge in [-0.3, -0.25) is 14.5 Å². The normalized spacial score (nSPS) is 23.6. The maximum absolute atomic E-state index is 12.8. The molecule has 4 rings (SSSR count). The molecule has 0 spiro atoms. The molecular weight excluding hydrogens is 346 g/mol. The molecule has 1 saturated carbocycles. The van der Waals surface area contributed by atoms with E-state index in [9.17, 15) is 9.59 Å². The van der Waals surface area contributed by atoms with Crippen LogP contribution in [0.3, 0.4) is 0 Å². The van der Waals surface area contributed by atoms with Gasteiger partial charge in [0.15, 0.2) is 6.10 Å². The molecule has 1 atom stereocenters. The molecule has 0 radical (unpaired) electrons. The van der Waals surface area contributed by atoms with Crippen molar-refractivity contribution in [1.82, 2.24) is 15.1 Å². The van der Waals surface area contributed by atoms with Crippen LogP contribution in [0.2, 0.25) is 0 Å². The highest BCUT2D eigenvalue weighted by atomic mass is 16.5. The van der Waals surface area contributed by atoms with Gasteiger partial charge in [0.2, 0.25) is 5.91 Å². The van der Waals surface area contributed by atoms with Crippen LogP contribution in [0.1, 0.15) is 24.8 Å². The molecule has 1 N–H and O–H groups in total. The molecule has 7 nitrogen and oxygen atoms in total. The van der Waals surface area contributed by atoms with E-state index in [1.54, 1.807) is 4.90 Å². The Bertz CT molecular complexity index is 692. The Morgan fingerprint density at radius 2 is 2.00 bits per heavy atom. The average Bonchev–Trinajstić information content (AvgIpc) is 2.86. The molecule has 1 aliphatic carbocycles. The summed E-state index contributed by atoms with van der Waals surface area (Å²) in [5, 5.41) is 3.02. The first-order valence-electron chi connectivity index (χ1n) is 9.82. The molecule has 2 aliphatic heterocycles. The van der Waals surface area contributed by atoms with E-state index >= 15 is 0 Å². The van der Waals surface area contributed by atoms with Crippen molar-refractivity contribution < 1.29 is 19.1 Å². The summed E-state index contributed by atoms with van der Waals surface area (Å²) in [6, 6.07) is 8.23. The number of morpholine rings is 1. The van der Waals surface area contributed by atoms with E-state index in [0.717, 1.165) is 24.2 Å². The topological polar surface area (TPSA) is 71.1 Å². The molecule has 1 unspecified atom stereocenters. The molecule has 2 fully saturated rings. The fourth-order valence-corrected chi connectivity index (χ4v) is 3.69. The van der Waals surface area contributed by atoms with Gasteiger partial charge in [-0.05, 0) is 25.3 Å². The third-order valence-electron chi connectivity index (χ3n) is 5.55. The van der Waals surface area contributed by atoms with Crippen molar-refractivity contribution in [3.63, 3.8) is 0 Å². The summed E-state index contributed by atoms with van der Waals surface area (Å²) in [5.41, 5.74) is 1.10. The quantitative estimate of drug-likeness (QED) is 0.845. The Morgan fingerprint density at radius 3 is 2.81 bits per heavy atom. The molecule has 146 valence electrons. The molecule has 1 saturated heterocycles. The predicted octanol–water partition coefficient (Wildman–Crippen LogP) is 0.777. The SMILES string of the molecule is O=C(NC1CCC1)C1CN(C(=O)CN2CCOc3ccccc3C2)CCO1. The molecule has 7 heteroatoms. The molecule has 3 aliphatic rings. The van der Waals surface area contributed by atoms with Crippen LogP contribution in [-0.4, -0.2) is 73.2 Å². The summed E-state index contributed by atoms with van der Waals surface area (Å²) in [4.78, 5) is 29.0. The van der Waals surface area contributed by atoms with E-state index in [0.29, 0.717) is 45.9 Å². The summed E-state index contributed by atoms with van der Waals surface area (Å²) < 4.78 is 11.4. The first-order valence-corrected chi connectivity index (χ1v) is 9.82. The lowest BCUT2D eigenvalue weighted by Gasteiger charge is -2.35. The van der Waals surface area contributed by atoms with E-state index in [1.807, 2.05) is 24.3 Å². The lowest BCUT2D eigenvalue weighted by atomic mass is 9.93. The van der Waals surface area contributed by atoms with E-state index in [1.165, 1.54) is 6.42 Å². The molecule has 1 aromatic rings. The average molecular weight is 373 g/mol. The summed E-state index contributed by atoms with van der Waals surface area (Å²) in [7, 11) is 0. The zero-order chi connectivity index (χ0) is 18.6. The van der Waals surface area contributed by atoms with Gasteiger partial charge in [0.25, 0.3) is 5.91 Å². The van der Waals surface area contributed by atoms with Gasteiger partial charge in [-0.15, -0.1) is 0 Å². The molecule has 0 aromatic heterocycles. The molecule has 2 heterocycles. The maximum atomic E-state index is 12.8.